The van der Waals surface area contributed by atoms with E-state index in [0.29, 0.717) is 12.2 Å². The van der Waals surface area contributed by atoms with Crippen molar-refractivity contribution in [2.24, 2.45) is 5.92 Å². The summed E-state index contributed by atoms with van der Waals surface area (Å²) in [7, 11) is -1.89. The summed E-state index contributed by atoms with van der Waals surface area (Å²) in [6.07, 6.45) is 5.87. The minimum atomic E-state index is -1.89. The van der Waals surface area contributed by atoms with Crippen molar-refractivity contribution >= 4 is 36.9 Å². The molecular formula is C21H37IO4Si. The van der Waals surface area contributed by atoms with Crippen molar-refractivity contribution in [3.8, 4) is 0 Å². The first-order valence-corrected chi connectivity index (χ1v) is 14.0. The van der Waals surface area contributed by atoms with Crippen molar-refractivity contribution in [2.45, 2.75) is 90.8 Å². The van der Waals surface area contributed by atoms with E-state index in [0.717, 1.165) is 12.8 Å². The van der Waals surface area contributed by atoms with Crippen molar-refractivity contribution in [3.05, 3.63) is 21.8 Å². The van der Waals surface area contributed by atoms with E-state index in [4.69, 9.17) is 13.9 Å². The van der Waals surface area contributed by atoms with Gasteiger partial charge in [-0.25, -0.2) is 4.79 Å². The largest absolute Gasteiger partial charge is 0.463 e. The Balaban J connectivity index is 3.06. The van der Waals surface area contributed by atoms with Crippen molar-refractivity contribution in [1.82, 2.24) is 0 Å². The molecule has 27 heavy (non-hydrogen) atoms. The zero-order chi connectivity index (χ0) is 20.8. The summed E-state index contributed by atoms with van der Waals surface area (Å²) >= 11 is 2.23. The van der Waals surface area contributed by atoms with Crippen molar-refractivity contribution in [3.63, 3.8) is 0 Å². The Morgan fingerprint density at radius 1 is 1.33 bits per heavy atom. The van der Waals surface area contributed by atoms with Gasteiger partial charge in [-0.3, -0.25) is 0 Å². The molecule has 4 atom stereocenters. The molecule has 0 bridgehead atoms. The molecular weight excluding hydrogens is 471 g/mol. The second-order valence-corrected chi connectivity index (χ2v) is 14.4. The van der Waals surface area contributed by atoms with Gasteiger partial charge >= 0.3 is 5.97 Å². The smallest absolute Gasteiger partial charge is 0.333 e. The van der Waals surface area contributed by atoms with E-state index in [-0.39, 0.29) is 35.2 Å². The molecule has 0 unspecified atom stereocenters. The van der Waals surface area contributed by atoms with Gasteiger partial charge in [0.15, 0.2) is 8.32 Å². The third-order valence-electron chi connectivity index (χ3n) is 5.70. The molecule has 6 heteroatoms. The highest BCUT2D eigenvalue weighted by atomic mass is 127. The van der Waals surface area contributed by atoms with E-state index in [1.807, 2.05) is 17.1 Å². The van der Waals surface area contributed by atoms with Crippen molar-refractivity contribution in [1.29, 1.82) is 0 Å². The normalized spacial score (nSPS) is 27.8. The number of esters is 1. The van der Waals surface area contributed by atoms with Gasteiger partial charge in [-0.1, -0.05) is 56.4 Å². The molecule has 0 N–H and O–H groups in total. The first-order valence-electron chi connectivity index (χ1n) is 9.87. The second-order valence-electron chi connectivity index (χ2n) is 8.90. The Hall–Kier alpha value is -0.183. The Morgan fingerprint density at radius 2 is 1.96 bits per heavy atom. The summed E-state index contributed by atoms with van der Waals surface area (Å²) in [4.78, 5) is 12.0. The maximum atomic E-state index is 12.0. The van der Waals surface area contributed by atoms with Crippen LogP contribution in [0.3, 0.4) is 0 Å². The lowest BCUT2D eigenvalue weighted by Gasteiger charge is -2.46. The third-order valence-corrected chi connectivity index (χ3v) is 10.7. The summed E-state index contributed by atoms with van der Waals surface area (Å²) in [6, 6.07) is 0. The van der Waals surface area contributed by atoms with Crippen LogP contribution in [-0.4, -0.2) is 39.2 Å². The molecule has 1 aliphatic heterocycles. The van der Waals surface area contributed by atoms with Gasteiger partial charge in [-0.2, -0.15) is 0 Å². The van der Waals surface area contributed by atoms with Gasteiger partial charge in [-0.15, -0.1) is 0 Å². The summed E-state index contributed by atoms with van der Waals surface area (Å²) in [6.45, 7) is 17.6. The number of ether oxygens (including phenoxy) is 2. The van der Waals surface area contributed by atoms with Crippen LogP contribution in [0, 0.1) is 5.92 Å². The highest BCUT2D eigenvalue weighted by molar-refractivity contribution is 14.1. The SMILES string of the molecule is CCOC(=O)/C(C)=C\[C@@H]1O[C@H](C/C=C/I)C[C@@H](O[Si](C)(C)C(C)(C)C)[C@@H]1C. The van der Waals surface area contributed by atoms with Crippen LogP contribution in [0.25, 0.3) is 0 Å². The predicted molar refractivity (Wildman–Crippen MR) is 123 cm³/mol. The van der Waals surface area contributed by atoms with E-state index in [2.05, 4.69) is 69.5 Å². The average molecular weight is 509 g/mol. The number of halogens is 1. The van der Waals surface area contributed by atoms with E-state index < -0.39 is 8.32 Å². The molecule has 0 aliphatic carbocycles. The summed E-state index contributed by atoms with van der Waals surface area (Å²) < 4.78 is 20.3. The molecule has 1 saturated heterocycles. The van der Waals surface area contributed by atoms with Crippen molar-refractivity contribution < 1.29 is 18.7 Å². The molecule has 0 saturated carbocycles. The first-order chi connectivity index (χ1) is 12.4. The van der Waals surface area contributed by atoms with Gasteiger partial charge in [0.25, 0.3) is 0 Å². The quantitative estimate of drug-likeness (QED) is 0.183. The summed E-state index contributed by atoms with van der Waals surface area (Å²) in [5.41, 5.74) is 0.602. The van der Waals surface area contributed by atoms with Gasteiger partial charge in [0, 0.05) is 11.5 Å². The van der Waals surface area contributed by atoms with E-state index in [9.17, 15) is 4.79 Å². The predicted octanol–water partition coefficient (Wildman–Crippen LogP) is 6.02. The van der Waals surface area contributed by atoms with Crippen LogP contribution in [0.15, 0.2) is 21.8 Å². The number of hydrogen-bond acceptors (Lipinski definition) is 4. The minimum absolute atomic E-state index is 0.0956. The Kier molecular flexibility index (Phi) is 9.71. The fourth-order valence-electron chi connectivity index (χ4n) is 2.90. The molecule has 0 radical (unpaired) electrons. The molecule has 0 spiro atoms. The van der Waals surface area contributed by atoms with Crippen LogP contribution in [0.1, 0.15) is 54.4 Å². The Labute approximate surface area is 180 Å². The topological polar surface area (TPSA) is 44.8 Å². The maximum absolute atomic E-state index is 12.0. The van der Waals surface area contributed by atoms with Gasteiger partial charge < -0.3 is 13.9 Å². The molecule has 0 aromatic rings. The lowest BCUT2D eigenvalue weighted by Crippen LogP contribution is -2.51. The standard InChI is InChI=1S/C21H37IO4Si/c1-9-24-20(23)15(2)13-18-16(3)19(14-17(25-18)11-10-12-22)26-27(7,8)21(4,5)6/h10,12-13,16-19H,9,11,14H2,1-8H3/b12-10+,15-13-/t16-,17-,18+,19-/m1/s1. The highest BCUT2D eigenvalue weighted by Gasteiger charge is 2.43. The Bertz CT molecular complexity index is 551. The monoisotopic (exact) mass is 508 g/mol. The van der Waals surface area contributed by atoms with Crippen LogP contribution in [-0.2, 0) is 18.7 Å². The van der Waals surface area contributed by atoms with E-state index >= 15 is 0 Å². The van der Waals surface area contributed by atoms with Crippen molar-refractivity contribution in [2.75, 3.05) is 6.61 Å². The molecule has 0 aromatic heterocycles. The number of rotatable bonds is 7. The second kappa shape index (κ2) is 10.6. The highest BCUT2D eigenvalue weighted by Crippen LogP contribution is 2.41. The van der Waals surface area contributed by atoms with Crippen LogP contribution >= 0.6 is 22.6 Å². The maximum Gasteiger partial charge on any atom is 0.333 e. The minimum Gasteiger partial charge on any atom is -0.463 e. The van der Waals surface area contributed by atoms with Crippen LogP contribution < -0.4 is 0 Å². The zero-order valence-corrected chi connectivity index (χ0v) is 21.3. The molecule has 156 valence electrons. The fraction of sp³-hybridized carbons (Fsp3) is 0.762. The van der Waals surface area contributed by atoms with Crippen LogP contribution in [0.2, 0.25) is 18.1 Å². The lowest BCUT2D eigenvalue weighted by molar-refractivity contribution is -0.139. The lowest BCUT2D eigenvalue weighted by atomic mass is 9.88. The molecule has 1 rings (SSSR count). The van der Waals surface area contributed by atoms with E-state index in [1.54, 1.807) is 6.92 Å². The molecule has 1 heterocycles. The molecule has 1 fully saturated rings. The molecule has 0 amide bonds. The zero-order valence-electron chi connectivity index (χ0n) is 18.2. The van der Waals surface area contributed by atoms with Gasteiger partial charge in [0.05, 0.1) is 24.9 Å². The third kappa shape index (κ3) is 7.29. The first kappa shape index (κ1) is 24.9. The van der Waals surface area contributed by atoms with Crippen LogP contribution in [0.4, 0.5) is 0 Å². The van der Waals surface area contributed by atoms with Gasteiger partial charge in [-0.05, 0) is 55.0 Å². The fourth-order valence-corrected chi connectivity index (χ4v) is 4.62. The Morgan fingerprint density at radius 3 is 2.48 bits per heavy atom. The number of carbonyl (C=O) groups is 1. The number of hydrogen-bond donors (Lipinski definition) is 0. The van der Waals surface area contributed by atoms with Gasteiger partial charge in [0.2, 0.25) is 0 Å². The summed E-state index contributed by atoms with van der Waals surface area (Å²) in [5, 5.41) is 0.162. The number of carbonyl (C=O) groups excluding carboxylic acids is 1. The average Bonchev–Trinajstić information content (AvgIpc) is 2.55. The van der Waals surface area contributed by atoms with Gasteiger partial charge in [0.1, 0.15) is 0 Å². The summed E-state index contributed by atoms with van der Waals surface area (Å²) in [5.74, 6) is -0.0900. The molecule has 1 aliphatic rings. The van der Waals surface area contributed by atoms with Crippen LogP contribution in [0.5, 0.6) is 0 Å². The van der Waals surface area contributed by atoms with E-state index in [1.165, 1.54) is 0 Å². The molecule has 0 aromatic carbocycles. The molecule has 4 nitrogen and oxygen atoms in total.